The maximum atomic E-state index is 13.3. The van der Waals surface area contributed by atoms with Gasteiger partial charge in [-0.1, -0.05) is 17.7 Å². The Morgan fingerprint density at radius 3 is 2.55 bits per heavy atom. The van der Waals surface area contributed by atoms with Gasteiger partial charge in [-0.15, -0.1) is 0 Å². The van der Waals surface area contributed by atoms with Crippen molar-refractivity contribution >= 4 is 29.1 Å². The second-order valence-electron chi connectivity index (χ2n) is 8.07. The Bertz CT molecular complexity index is 1020. The van der Waals surface area contributed by atoms with E-state index in [2.05, 4.69) is 11.0 Å². The molecule has 2 amide bonds. The van der Waals surface area contributed by atoms with Gasteiger partial charge in [-0.25, -0.2) is 0 Å². The molecule has 0 aromatic heterocycles. The second-order valence-corrected chi connectivity index (χ2v) is 8.50. The van der Waals surface area contributed by atoms with Gasteiger partial charge < -0.3 is 19.3 Å². The van der Waals surface area contributed by atoms with Crippen molar-refractivity contribution in [3.8, 4) is 11.5 Å². The van der Waals surface area contributed by atoms with Crippen molar-refractivity contribution in [1.82, 2.24) is 9.80 Å². The van der Waals surface area contributed by atoms with Gasteiger partial charge in [0.05, 0.1) is 11.3 Å². The molecule has 2 saturated heterocycles. The van der Waals surface area contributed by atoms with E-state index in [1.807, 2.05) is 17.0 Å². The summed E-state index contributed by atoms with van der Waals surface area (Å²) in [6.07, 6.45) is 1.32. The highest BCUT2D eigenvalue weighted by Crippen LogP contribution is 2.33. The van der Waals surface area contributed by atoms with E-state index in [0.29, 0.717) is 42.3 Å². The van der Waals surface area contributed by atoms with Crippen LogP contribution in [0.25, 0.3) is 0 Å². The Hall–Kier alpha value is -2.77. The van der Waals surface area contributed by atoms with E-state index >= 15 is 0 Å². The quantitative estimate of drug-likeness (QED) is 0.729. The van der Waals surface area contributed by atoms with Crippen LogP contribution in [0.3, 0.4) is 0 Å². The molecule has 162 valence electrons. The number of hydrogen-bond acceptors (Lipinski definition) is 5. The summed E-state index contributed by atoms with van der Waals surface area (Å²) < 4.78 is 10.8. The molecule has 0 aliphatic carbocycles. The normalized spacial score (nSPS) is 18.7. The first-order valence-corrected chi connectivity index (χ1v) is 11.0. The van der Waals surface area contributed by atoms with Gasteiger partial charge in [0.2, 0.25) is 12.7 Å². The topological polar surface area (TPSA) is 62.3 Å². The Balaban J connectivity index is 1.25. The SMILES string of the molecule is O=C(c1ccc(Cl)cc1N1CCCC1=O)N1CCN(Cc2ccc3c(c2)OCO3)CC1. The van der Waals surface area contributed by atoms with Gasteiger partial charge in [-0.2, -0.15) is 0 Å². The van der Waals surface area contributed by atoms with Crippen LogP contribution in [0.15, 0.2) is 36.4 Å². The van der Waals surface area contributed by atoms with Crippen molar-refractivity contribution in [2.75, 3.05) is 44.4 Å². The minimum atomic E-state index is -0.0471. The number of rotatable bonds is 4. The molecule has 7 nitrogen and oxygen atoms in total. The van der Waals surface area contributed by atoms with E-state index in [1.54, 1.807) is 23.1 Å². The Morgan fingerprint density at radius 2 is 1.77 bits per heavy atom. The lowest BCUT2D eigenvalue weighted by Gasteiger charge is -2.35. The first-order valence-electron chi connectivity index (χ1n) is 10.6. The molecule has 0 bridgehead atoms. The summed E-state index contributed by atoms with van der Waals surface area (Å²) in [5.74, 6) is 1.58. The second kappa shape index (κ2) is 8.40. The third-order valence-electron chi connectivity index (χ3n) is 6.06. The van der Waals surface area contributed by atoms with Gasteiger partial charge in [0.25, 0.3) is 5.91 Å². The van der Waals surface area contributed by atoms with Crippen molar-refractivity contribution in [1.29, 1.82) is 0 Å². The Kier molecular flexibility index (Phi) is 5.46. The van der Waals surface area contributed by atoms with Crippen LogP contribution in [0.1, 0.15) is 28.8 Å². The maximum Gasteiger partial charge on any atom is 0.256 e. The number of fused-ring (bicyclic) bond motifs is 1. The van der Waals surface area contributed by atoms with Crippen LogP contribution >= 0.6 is 11.6 Å². The summed E-state index contributed by atoms with van der Waals surface area (Å²) in [6, 6.07) is 11.2. The first kappa shape index (κ1) is 20.2. The Morgan fingerprint density at radius 1 is 0.968 bits per heavy atom. The zero-order chi connectivity index (χ0) is 21.4. The van der Waals surface area contributed by atoms with E-state index in [-0.39, 0.29) is 18.6 Å². The molecule has 0 saturated carbocycles. The average Bonchev–Trinajstić information content (AvgIpc) is 3.42. The van der Waals surface area contributed by atoms with E-state index in [1.165, 1.54) is 0 Å². The summed E-state index contributed by atoms with van der Waals surface area (Å²) in [5, 5.41) is 0.528. The van der Waals surface area contributed by atoms with Crippen LogP contribution in [0.4, 0.5) is 5.69 Å². The fraction of sp³-hybridized carbons (Fsp3) is 0.391. The molecule has 5 rings (SSSR count). The predicted octanol–water partition coefficient (Wildman–Crippen LogP) is 3.15. The van der Waals surface area contributed by atoms with Gasteiger partial charge in [-0.3, -0.25) is 14.5 Å². The van der Waals surface area contributed by atoms with Crippen molar-refractivity contribution in [2.45, 2.75) is 19.4 Å². The zero-order valence-electron chi connectivity index (χ0n) is 17.2. The Labute approximate surface area is 186 Å². The molecule has 2 aromatic carbocycles. The summed E-state index contributed by atoms with van der Waals surface area (Å²) in [5.41, 5.74) is 2.34. The van der Waals surface area contributed by atoms with E-state index in [4.69, 9.17) is 21.1 Å². The number of ether oxygens (including phenoxy) is 2. The van der Waals surface area contributed by atoms with Gasteiger partial charge in [-0.05, 0) is 42.3 Å². The van der Waals surface area contributed by atoms with E-state index in [0.717, 1.165) is 43.1 Å². The molecule has 0 atom stereocenters. The van der Waals surface area contributed by atoms with Crippen molar-refractivity contribution < 1.29 is 19.1 Å². The van der Waals surface area contributed by atoms with Crippen LogP contribution in [0, 0.1) is 0 Å². The first-order chi connectivity index (χ1) is 15.1. The monoisotopic (exact) mass is 441 g/mol. The maximum absolute atomic E-state index is 13.3. The third-order valence-corrected chi connectivity index (χ3v) is 6.29. The largest absolute Gasteiger partial charge is 0.454 e. The number of amides is 2. The number of nitrogens with zero attached hydrogens (tertiary/aromatic N) is 3. The summed E-state index contributed by atoms with van der Waals surface area (Å²) >= 11 is 6.18. The molecule has 0 radical (unpaired) electrons. The number of piperazine rings is 1. The molecule has 3 aliphatic heterocycles. The molecule has 3 aliphatic rings. The molecule has 0 spiro atoms. The van der Waals surface area contributed by atoms with Crippen molar-refractivity contribution in [2.24, 2.45) is 0 Å². The minimum absolute atomic E-state index is 0.0462. The van der Waals surface area contributed by atoms with Gasteiger partial charge in [0, 0.05) is 50.7 Å². The highest BCUT2D eigenvalue weighted by atomic mass is 35.5. The smallest absolute Gasteiger partial charge is 0.256 e. The van der Waals surface area contributed by atoms with Crippen molar-refractivity contribution in [3.05, 3.63) is 52.5 Å². The van der Waals surface area contributed by atoms with Crippen LogP contribution in [-0.4, -0.2) is 61.1 Å². The standard InChI is InChI=1S/C23H24ClN3O4/c24-17-4-5-18(19(13-17)27-7-1-2-22(27)28)23(29)26-10-8-25(9-11-26)14-16-3-6-20-21(12-16)31-15-30-20/h3-6,12-13H,1-2,7-11,14-15H2. The number of benzene rings is 2. The lowest BCUT2D eigenvalue weighted by atomic mass is 10.1. The van der Waals surface area contributed by atoms with E-state index < -0.39 is 0 Å². The molecule has 31 heavy (non-hydrogen) atoms. The molecular weight excluding hydrogens is 418 g/mol. The summed E-state index contributed by atoms with van der Waals surface area (Å²) in [7, 11) is 0. The average molecular weight is 442 g/mol. The molecule has 2 fully saturated rings. The van der Waals surface area contributed by atoms with Crippen LogP contribution in [0.5, 0.6) is 11.5 Å². The molecular formula is C23H24ClN3O4. The van der Waals surface area contributed by atoms with E-state index in [9.17, 15) is 9.59 Å². The molecule has 2 aromatic rings. The summed E-state index contributed by atoms with van der Waals surface area (Å²) in [6.45, 7) is 4.54. The highest BCUT2D eigenvalue weighted by Gasteiger charge is 2.29. The number of anilines is 1. The van der Waals surface area contributed by atoms with Crippen molar-refractivity contribution in [3.63, 3.8) is 0 Å². The van der Waals surface area contributed by atoms with Crippen LogP contribution in [0.2, 0.25) is 5.02 Å². The number of carbonyl (C=O) groups is 2. The number of halogens is 1. The number of carbonyl (C=O) groups excluding carboxylic acids is 2. The number of hydrogen-bond donors (Lipinski definition) is 0. The van der Waals surface area contributed by atoms with Gasteiger partial charge >= 0.3 is 0 Å². The lowest BCUT2D eigenvalue weighted by molar-refractivity contribution is -0.117. The lowest BCUT2D eigenvalue weighted by Crippen LogP contribution is -2.48. The van der Waals surface area contributed by atoms with Gasteiger partial charge in [0.1, 0.15) is 0 Å². The predicted molar refractivity (Wildman–Crippen MR) is 117 cm³/mol. The molecule has 0 N–H and O–H groups in total. The minimum Gasteiger partial charge on any atom is -0.454 e. The third kappa shape index (κ3) is 4.07. The molecule has 3 heterocycles. The van der Waals surface area contributed by atoms with Gasteiger partial charge in [0.15, 0.2) is 11.5 Å². The fourth-order valence-corrected chi connectivity index (χ4v) is 4.56. The summed E-state index contributed by atoms with van der Waals surface area (Å²) in [4.78, 5) is 31.4. The zero-order valence-corrected chi connectivity index (χ0v) is 17.9. The fourth-order valence-electron chi connectivity index (χ4n) is 4.39. The van der Waals surface area contributed by atoms with Crippen LogP contribution in [-0.2, 0) is 11.3 Å². The molecule has 0 unspecified atom stereocenters. The highest BCUT2D eigenvalue weighted by molar-refractivity contribution is 6.31. The van der Waals surface area contributed by atoms with Crippen LogP contribution < -0.4 is 14.4 Å². The molecule has 8 heteroatoms.